The fourth-order valence-electron chi connectivity index (χ4n) is 4.29. The molecule has 2 unspecified atom stereocenters. The van der Waals surface area contributed by atoms with Gasteiger partial charge in [0.15, 0.2) is 0 Å². The number of aldehydes is 1. The molecule has 220 valence electrons. The van der Waals surface area contributed by atoms with Crippen LogP contribution in [0.25, 0.3) is 0 Å². The molecule has 0 N–H and O–H groups in total. The van der Waals surface area contributed by atoms with Crippen LogP contribution in [0, 0.1) is 11.3 Å². The van der Waals surface area contributed by atoms with E-state index in [9.17, 15) is 4.79 Å². The third kappa shape index (κ3) is 23.1. The summed E-state index contributed by atoms with van der Waals surface area (Å²) in [6, 6.07) is 2.85. The first-order valence-corrected chi connectivity index (χ1v) is 16.4. The molecule has 37 heavy (non-hydrogen) atoms. The number of likely N-dealkylation sites (tertiary alicyclic amines) is 1. The second kappa shape index (κ2) is 28.4. The van der Waals surface area contributed by atoms with E-state index in [4.69, 9.17) is 14.3 Å². The van der Waals surface area contributed by atoms with Crippen molar-refractivity contribution in [1.29, 1.82) is 5.26 Å². The lowest BCUT2D eigenvalue weighted by Gasteiger charge is -2.36. The quantitative estimate of drug-likeness (QED) is 0.0867. The maximum Gasteiger partial charge on any atom is 0.259 e. The number of carbonyl (C=O) groups is 1. The van der Waals surface area contributed by atoms with Gasteiger partial charge in [-0.3, -0.25) is 0 Å². The van der Waals surface area contributed by atoms with Crippen molar-refractivity contribution in [2.45, 2.75) is 157 Å². The molecule has 0 spiro atoms. The van der Waals surface area contributed by atoms with Crippen LogP contribution in [0.3, 0.4) is 0 Å². The lowest BCUT2D eigenvalue weighted by molar-refractivity contribution is -0.107. The first-order chi connectivity index (χ1) is 17.9. The Labute approximate surface area is 232 Å². The van der Waals surface area contributed by atoms with Gasteiger partial charge in [-0.1, -0.05) is 85.0 Å². The smallest absolute Gasteiger partial charge is 0.259 e. The summed E-state index contributed by atoms with van der Waals surface area (Å²) in [5, 5.41) is 8.67. The van der Waals surface area contributed by atoms with Gasteiger partial charge in [-0.2, -0.15) is 5.26 Å². The predicted octanol–water partition coefficient (Wildman–Crippen LogP) is 8.90. The van der Waals surface area contributed by atoms with Crippen LogP contribution in [0.2, 0.25) is 0 Å². The van der Waals surface area contributed by atoms with E-state index in [-0.39, 0.29) is 6.10 Å². The minimum Gasteiger partial charge on any atom is -0.321 e. The average Bonchev–Trinajstić information content (AvgIpc) is 3.28. The van der Waals surface area contributed by atoms with Gasteiger partial charge in [0.1, 0.15) is 6.29 Å². The zero-order valence-corrected chi connectivity index (χ0v) is 26.7. The molecule has 1 rings (SSSR count). The summed E-state index contributed by atoms with van der Waals surface area (Å²) in [5.74, 6) is 0. The van der Waals surface area contributed by atoms with Crippen LogP contribution in [-0.4, -0.2) is 60.8 Å². The van der Waals surface area contributed by atoms with Crippen LogP contribution in [0.1, 0.15) is 138 Å². The van der Waals surface area contributed by atoms with E-state index in [1.807, 2.05) is 13.8 Å². The zero-order chi connectivity index (χ0) is 28.3. The van der Waals surface area contributed by atoms with Gasteiger partial charge in [-0.25, -0.2) is 4.67 Å². The van der Waals surface area contributed by atoms with Gasteiger partial charge in [0.25, 0.3) is 8.53 Å². The van der Waals surface area contributed by atoms with Crippen molar-refractivity contribution in [2.75, 3.05) is 26.7 Å². The highest BCUT2D eigenvalue weighted by Crippen LogP contribution is 2.47. The molecule has 6 nitrogen and oxygen atoms in total. The van der Waals surface area contributed by atoms with Gasteiger partial charge < -0.3 is 18.7 Å². The van der Waals surface area contributed by atoms with E-state index in [0.29, 0.717) is 25.1 Å². The van der Waals surface area contributed by atoms with Crippen molar-refractivity contribution in [1.82, 2.24) is 9.57 Å². The molecule has 1 heterocycles. The Balaban J connectivity index is 0. The Bertz CT molecular complexity index is 521. The zero-order valence-electron chi connectivity index (χ0n) is 25.8. The maximum absolute atomic E-state index is 10.1. The second-order valence-electron chi connectivity index (χ2n) is 10.3. The third-order valence-corrected chi connectivity index (χ3v) is 8.36. The van der Waals surface area contributed by atoms with Gasteiger partial charge in [-0.15, -0.1) is 0 Å². The number of unbranched alkanes of at least 4 members (excludes halogenated alkanes) is 11. The first-order valence-electron chi connectivity index (χ1n) is 15.2. The molecule has 0 aromatic carbocycles. The molecular weight excluding hydrogens is 481 g/mol. The fraction of sp³-hybridized carbons (Fsp3) is 0.933. The van der Waals surface area contributed by atoms with Crippen molar-refractivity contribution >= 4 is 14.8 Å². The summed E-state index contributed by atoms with van der Waals surface area (Å²) < 4.78 is 14.4. The molecule has 1 fully saturated rings. The summed E-state index contributed by atoms with van der Waals surface area (Å²) in [6.07, 6.45) is 18.4. The first kappa shape index (κ1) is 38.6. The summed E-state index contributed by atoms with van der Waals surface area (Å²) in [6.45, 7) is 17.4. The molecule has 1 aliphatic heterocycles. The van der Waals surface area contributed by atoms with Gasteiger partial charge >= 0.3 is 0 Å². The Kier molecular flexibility index (Phi) is 29.7. The van der Waals surface area contributed by atoms with Crippen molar-refractivity contribution < 1.29 is 13.8 Å². The van der Waals surface area contributed by atoms with Gasteiger partial charge in [0.05, 0.1) is 25.2 Å². The molecule has 0 aromatic rings. The molecule has 2 atom stereocenters. The average molecular weight is 544 g/mol. The van der Waals surface area contributed by atoms with Crippen LogP contribution in [0.5, 0.6) is 0 Å². The molecule has 1 aliphatic rings. The molecule has 1 saturated heterocycles. The van der Waals surface area contributed by atoms with E-state index in [2.05, 4.69) is 57.3 Å². The number of nitrogens with zero attached hydrogens (tertiary/aromatic N) is 3. The lowest BCUT2D eigenvalue weighted by Crippen LogP contribution is -2.35. The molecule has 0 aliphatic carbocycles. The summed E-state index contributed by atoms with van der Waals surface area (Å²) in [5.41, 5.74) is 0. The molecule has 0 radical (unpaired) electrons. The summed E-state index contributed by atoms with van der Waals surface area (Å²) >= 11 is 0. The van der Waals surface area contributed by atoms with E-state index >= 15 is 0 Å². The van der Waals surface area contributed by atoms with Crippen LogP contribution in [0.15, 0.2) is 0 Å². The molecule has 0 amide bonds. The number of hydrogen-bond donors (Lipinski definition) is 0. The van der Waals surface area contributed by atoms with Crippen LogP contribution in [-0.2, 0) is 13.8 Å². The number of nitriles is 1. The molecule has 0 bridgehead atoms. The lowest BCUT2D eigenvalue weighted by atomic mass is 10.1. The Morgan fingerprint density at radius 1 is 0.973 bits per heavy atom. The van der Waals surface area contributed by atoms with E-state index in [0.717, 1.165) is 38.6 Å². The van der Waals surface area contributed by atoms with Crippen molar-refractivity contribution in [2.24, 2.45) is 0 Å². The SMILES string of the molecule is CC.CC(C)N(C(C)C)P(OCCC#N)OC1CCN(C)C1.CCCCCCCCCCCCCC=O. The largest absolute Gasteiger partial charge is 0.321 e. The van der Waals surface area contributed by atoms with E-state index < -0.39 is 8.53 Å². The van der Waals surface area contributed by atoms with Crippen LogP contribution >= 0.6 is 8.53 Å². The van der Waals surface area contributed by atoms with Crippen LogP contribution < -0.4 is 0 Å². The summed E-state index contributed by atoms with van der Waals surface area (Å²) in [7, 11) is 1.03. The number of likely N-dealkylation sites (N-methyl/N-ethyl adjacent to an activating group) is 1. The van der Waals surface area contributed by atoms with Crippen LogP contribution in [0.4, 0.5) is 0 Å². The van der Waals surface area contributed by atoms with Gasteiger partial charge in [0, 0.05) is 31.6 Å². The van der Waals surface area contributed by atoms with Crippen molar-refractivity contribution in [3.63, 3.8) is 0 Å². The maximum atomic E-state index is 10.1. The van der Waals surface area contributed by atoms with Crippen molar-refractivity contribution in [3.05, 3.63) is 0 Å². The standard InChI is InChI=1S/C14H28N3O2P.C14H28O.C2H6/c1-12(2)17(13(3)4)20(18-10-6-8-15)19-14-7-9-16(5)11-14;1-2-3-4-5-6-7-8-9-10-11-12-13-14-15;1-2/h12-14H,6-7,9-11H2,1-5H3;14H,2-13H2,1H3;1-2H3. The predicted molar refractivity (Wildman–Crippen MR) is 161 cm³/mol. The normalized spacial score (nSPS) is 16.2. The number of hydrogen-bond acceptors (Lipinski definition) is 6. The molecule has 7 heteroatoms. The Hall–Kier alpha value is -0.570. The number of carbonyl (C=O) groups excluding carboxylic acids is 1. The highest BCUT2D eigenvalue weighted by atomic mass is 31.2. The van der Waals surface area contributed by atoms with Crippen molar-refractivity contribution in [3.8, 4) is 6.07 Å². The second-order valence-corrected chi connectivity index (χ2v) is 11.7. The summed E-state index contributed by atoms with van der Waals surface area (Å²) in [4.78, 5) is 12.3. The van der Waals surface area contributed by atoms with Gasteiger partial charge in [-0.05, 0) is 47.6 Å². The minimum atomic E-state index is -1.09. The fourth-order valence-corrected chi connectivity index (χ4v) is 6.03. The Morgan fingerprint density at radius 3 is 1.89 bits per heavy atom. The Morgan fingerprint density at radius 2 is 1.49 bits per heavy atom. The monoisotopic (exact) mass is 543 g/mol. The molecule has 0 saturated carbocycles. The third-order valence-electron chi connectivity index (χ3n) is 6.18. The minimum absolute atomic E-state index is 0.244. The van der Waals surface area contributed by atoms with E-state index in [1.54, 1.807) is 0 Å². The highest BCUT2D eigenvalue weighted by Gasteiger charge is 2.31. The topological polar surface area (TPSA) is 65.8 Å². The van der Waals surface area contributed by atoms with E-state index in [1.165, 1.54) is 64.2 Å². The molecule has 0 aromatic heterocycles. The highest BCUT2D eigenvalue weighted by molar-refractivity contribution is 7.44. The number of rotatable bonds is 20. The molecular formula is C30H62N3O3P. The van der Waals surface area contributed by atoms with Gasteiger partial charge in [0.2, 0.25) is 0 Å².